The minimum absolute atomic E-state index is 0.187. The minimum atomic E-state index is -1.18. The van der Waals surface area contributed by atoms with Gasteiger partial charge in [0.05, 0.1) is 0 Å². The first-order valence-corrected chi connectivity index (χ1v) is 6.65. The Hall–Kier alpha value is -1.56. The van der Waals surface area contributed by atoms with Gasteiger partial charge in [-0.2, -0.15) is 0 Å². The van der Waals surface area contributed by atoms with Crippen LogP contribution in [0.2, 0.25) is 0 Å². The first-order valence-electron chi connectivity index (χ1n) is 6.65. The van der Waals surface area contributed by atoms with Crippen molar-refractivity contribution >= 4 is 5.91 Å². The van der Waals surface area contributed by atoms with Crippen molar-refractivity contribution in [2.24, 2.45) is 5.92 Å². The minimum Gasteiger partial charge on any atom is -0.349 e. The third kappa shape index (κ3) is 3.30. The van der Waals surface area contributed by atoms with Crippen LogP contribution < -0.4 is 10.6 Å². The Bertz CT molecular complexity index is 478. The number of hydrogen-bond acceptors (Lipinski definition) is 2. The molecular formula is C14H17F3N2O. The van der Waals surface area contributed by atoms with Gasteiger partial charge in [0.25, 0.3) is 5.91 Å². The lowest BCUT2D eigenvalue weighted by molar-refractivity contribution is 0.0912. The SMILES string of the molecule is CC(NC(=O)c1c(F)cc(F)cc1F)C1CCNCC1. The fourth-order valence-corrected chi connectivity index (χ4v) is 2.50. The standard InChI is InChI=1S/C14H17F3N2O/c1-8(9-2-4-18-5-3-9)19-14(20)13-11(16)6-10(15)7-12(13)17/h6-9,18H,2-5H2,1H3,(H,19,20). The van der Waals surface area contributed by atoms with Crippen LogP contribution in [0.4, 0.5) is 13.2 Å². The summed E-state index contributed by atoms with van der Waals surface area (Å²) < 4.78 is 39.8. The number of piperidine rings is 1. The topological polar surface area (TPSA) is 41.1 Å². The van der Waals surface area contributed by atoms with Gasteiger partial charge >= 0.3 is 0 Å². The molecule has 1 aromatic carbocycles. The van der Waals surface area contributed by atoms with E-state index in [0.29, 0.717) is 12.1 Å². The summed E-state index contributed by atoms with van der Waals surface area (Å²) >= 11 is 0. The van der Waals surface area contributed by atoms with Crippen LogP contribution in [-0.4, -0.2) is 25.0 Å². The number of amides is 1. The summed E-state index contributed by atoms with van der Waals surface area (Å²) in [5, 5.41) is 5.80. The molecule has 0 radical (unpaired) electrons. The van der Waals surface area contributed by atoms with Gasteiger partial charge < -0.3 is 10.6 Å². The predicted molar refractivity (Wildman–Crippen MR) is 68.8 cm³/mol. The fourth-order valence-electron chi connectivity index (χ4n) is 2.50. The molecule has 1 amide bonds. The van der Waals surface area contributed by atoms with Crippen molar-refractivity contribution in [3.63, 3.8) is 0 Å². The Kier molecular flexibility index (Phi) is 4.65. The van der Waals surface area contributed by atoms with Gasteiger partial charge in [-0.15, -0.1) is 0 Å². The molecule has 6 heteroatoms. The van der Waals surface area contributed by atoms with Crippen LogP contribution in [-0.2, 0) is 0 Å². The first kappa shape index (κ1) is 14.8. The third-order valence-electron chi connectivity index (χ3n) is 3.68. The number of hydrogen-bond donors (Lipinski definition) is 2. The molecule has 1 heterocycles. The average Bonchev–Trinajstić information content (AvgIpc) is 2.38. The van der Waals surface area contributed by atoms with Crippen molar-refractivity contribution < 1.29 is 18.0 Å². The van der Waals surface area contributed by atoms with E-state index >= 15 is 0 Å². The number of nitrogens with one attached hydrogen (secondary N) is 2. The van der Waals surface area contributed by atoms with E-state index < -0.39 is 28.9 Å². The Morgan fingerprint density at radius 3 is 2.35 bits per heavy atom. The second-order valence-corrected chi connectivity index (χ2v) is 5.09. The zero-order chi connectivity index (χ0) is 14.7. The molecule has 1 saturated heterocycles. The Labute approximate surface area is 115 Å². The Morgan fingerprint density at radius 2 is 1.80 bits per heavy atom. The second-order valence-electron chi connectivity index (χ2n) is 5.09. The highest BCUT2D eigenvalue weighted by Gasteiger charge is 2.25. The van der Waals surface area contributed by atoms with E-state index in [1.807, 2.05) is 6.92 Å². The molecule has 0 aliphatic carbocycles. The van der Waals surface area contributed by atoms with Crippen molar-refractivity contribution in [1.29, 1.82) is 0 Å². The molecule has 0 aromatic heterocycles. The van der Waals surface area contributed by atoms with Gasteiger partial charge in [0.15, 0.2) is 0 Å². The summed E-state index contributed by atoms with van der Waals surface area (Å²) in [5.74, 6) is -3.98. The van der Waals surface area contributed by atoms with Gasteiger partial charge in [-0.05, 0) is 38.8 Å². The maximum Gasteiger partial charge on any atom is 0.257 e. The zero-order valence-corrected chi connectivity index (χ0v) is 11.2. The van der Waals surface area contributed by atoms with E-state index in [2.05, 4.69) is 10.6 Å². The highest BCUT2D eigenvalue weighted by Crippen LogP contribution is 2.18. The number of rotatable bonds is 3. The van der Waals surface area contributed by atoms with Gasteiger partial charge in [0.1, 0.15) is 23.0 Å². The van der Waals surface area contributed by atoms with Crippen LogP contribution >= 0.6 is 0 Å². The molecule has 2 N–H and O–H groups in total. The van der Waals surface area contributed by atoms with Crippen LogP contribution in [0.1, 0.15) is 30.1 Å². The van der Waals surface area contributed by atoms with E-state index in [0.717, 1.165) is 25.9 Å². The molecule has 1 aromatic rings. The Balaban J connectivity index is 2.08. The van der Waals surface area contributed by atoms with Gasteiger partial charge in [-0.3, -0.25) is 4.79 Å². The van der Waals surface area contributed by atoms with Crippen LogP contribution in [0.15, 0.2) is 12.1 Å². The van der Waals surface area contributed by atoms with Crippen molar-refractivity contribution in [3.8, 4) is 0 Å². The summed E-state index contributed by atoms with van der Waals surface area (Å²) in [5.41, 5.74) is -0.729. The fraction of sp³-hybridized carbons (Fsp3) is 0.500. The highest BCUT2D eigenvalue weighted by molar-refractivity contribution is 5.94. The predicted octanol–water partition coefficient (Wildman–Crippen LogP) is 2.22. The van der Waals surface area contributed by atoms with Crippen molar-refractivity contribution in [1.82, 2.24) is 10.6 Å². The summed E-state index contributed by atoms with van der Waals surface area (Å²) in [6.07, 6.45) is 1.80. The van der Waals surface area contributed by atoms with Gasteiger partial charge in [0, 0.05) is 18.2 Å². The normalized spacial score (nSPS) is 17.8. The lowest BCUT2D eigenvalue weighted by Gasteiger charge is -2.28. The van der Waals surface area contributed by atoms with E-state index in [9.17, 15) is 18.0 Å². The van der Waals surface area contributed by atoms with Crippen LogP contribution in [0, 0.1) is 23.4 Å². The summed E-state index contributed by atoms with van der Waals surface area (Å²) in [6.45, 7) is 3.54. The molecule has 0 saturated carbocycles. The van der Waals surface area contributed by atoms with Crippen LogP contribution in [0.3, 0.4) is 0 Å². The molecule has 1 fully saturated rings. The van der Waals surface area contributed by atoms with Crippen LogP contribution in [0.5, 0.6) is 0 Å². The molecule has 20 heavy (non-hydrogen) atoms. The van der Waals surface area contributed by atoms with Gasteiger partial charge in [-0.25, -0.2) is 13.2 Å². The van der Waals surface area contributed by atoms with Gasteiger partial charge in [-0.1, -0.05) is 0 Å². The molecule has 1 atom stereocenters. The average molecular weight is 286 g/mol. The van der Waals surface area contributed by atoms with E-state index in [1.54, 1.807) is 0 Å². The summed E-state index contributed by atoms with van der Waals surface area (Å²) in [6, 6.07) is 0.828. The van der Waals surface area contributed by atoms with Crippen molar-refractivity contribution in [3.05, 3.63) is 35.1 Å². The highest BCUT2D eigenvalue weighted by atomic mass is 19.1. The maximum atomic E-state index is 13.5. The van der Waals surface area contributed by atoms with E-state index in [1.165, 1.54) is 0 Å². The Morgan fingerprint density at radius 1 is 1.25 bits per heavy atom. The monoisotopic (exact) mass is 286 g/mol. The number of benzene rings is 1. The smallest absolute Gasteiger partial charge is 0.257 e. The maximum absolute atomic E-state index is 13.5. The molecule has 110 valence electrons. The number of carbonyl (C=O) groups excluding carboxylic acids is 1. The first-order chi connectivity index (χ1) is 9.49. The molecule has 1 unspecified atom stereocenters. The summed E-state index contributed by atoms with van der Waals surface area (Å²) in [4.78, 5) is 11.9. The molecule has 2 rings (SSSR count). The van der Waals surface area contributed by atoms with E-state index in [4.69, 9.17) is 0 Å². The molecular weight excluding hydrogens is 269 g/mol. The molecule has 0 spiro atoms. The molecule has 3 nitrogen and oxygen atoms in total. The lowest BCUT2D eigenvalue weighted by Crippen LogP contribution is -2.43. The van der Waals surface area contributed by atoms with Crippen LogP contribution in [0.25, 0.3) is 0 Å². The van der Waals surface area contributed by atoms with Crippen molar-refractivity contribution in [2.45, 2.75) is 25.8 Å². The number of halogens is 3. The van der Waals surface area contributed by atoms with Crippen molar-refractivity contribution in [2.75, 3.05) is 13.1 Å². The third-order valence-corrected chi connectivity index (χ3v) is 3.68. The zero-order valence-electron chi connectivity index (χ0n) is 11.2. The molecule has 1 aliphatic heterocycles. The lowest BCUT2D eigenvalue weighted by atomic mass is 9.91. The van der Waals surface area contributed by atoms with Gasteiger partial charge in [0.2, 0.25) is 0 Å². The summed E-state index contributed by atoms with van der Waals surface area (Å²) in [7, 11) is 0. The molecule has 0 bridgehead atoms. The largest absolute Gasteiger partial charge is 0.349 e. The quantitative estimate of drug-likeness (QED) is 0.894. The number of carbonyl (C=O) groups is 1. The molecule has 1 aliphatic rings. The van der Waals surface area contributed by atoms with E-state index in [-0.39, 0.29) is 12.0 Å². The second kappa shape index (κ2) is 6.26.